The van der Waals surface area contributed by atoms with Crippen molar-refractivity contribution in [2.24, 2.45) is 7.05 Å². The Morgan fingerprint density at radius 1 is 1.32 bits per heavy atom. The molecule has 8 nitrogen and oxygen atoms in total. The van der Waals surface area contributed by atoms with Gasteiger partial charge in [-0.2, -0.15) is 9.97 Å². The predicted octanol–water partition coefficient (Wildman–Crippen LogP) is 0.483. The van der Waals surface area contributed by atoms with Crippen molar-refractivity contribution >= 4 is 11.6 Å². The van der Waals surface area contributed by atoms with Gasteiger partial charge >= 0.3 is 6.01 Å². The molecule has 2 heterocycles. The van der Waals surface area contributed by atoms with Gasteiger partial charge in [0.05, 0.1) is 30.4 Å². The topological polar surface area (TPSA) is 94.8 Å². The highest BCUT2D eigenvalue weighted by Gasteiger charge is 2.15. The van der Waals surface area contributed by atoms with Gasteiger partial charge < -0.3 is 10.1 Å². The summed E-state index contributed by atoms with van der Waals surface area (Å²) >= 11 is 0. The van der Waals surface area contributed by atoms with Crippen molar-refractivity contribution in [3.8, 4) is 6.01 Å². The van der Waals surface area contributed by atoms with Crippen molar-refractivity contribution in [1.82, 2.24) is 25.0 Å². The van der Waals surface area contributed by atoms with Gasteiger partial charge in [-0.3, -0.25) is 9.48 Å². The summed E-state index contributed by atoms with van der Waals surface area (Å²) < 4.78 is 6.42. The maximum atomic E-state index is 12.0. The zero-order chi connectivity index (χ0) is 14.0. The molecule has 1 amide bonds. The van der Waals surface area contributed by atoms with Crippen LogP contribution in [0.15, 0.2) is 6.20 Å². The number of hydrogen-bond acceptors (Lipinski definition) is 6. The van der Waals surface area contributed by atoms with E-state index in [2.05, 4.69) is 25.6 Å². The molecule has 0 aliphatic rings. The predicted molar refractivity (Wildman–Crippen MR) is 67.0 cm³/mol. The minimum absolute atomic E-state index is 0.233. The van der Waals surface area contributed by atoms with E-state index in [-0.39, 0.29) is 17.6 Å². The van der Waals surface area contributed by atoms with Crippen LogP contribution < -0.4 is 10.1 Å². The molecule has 8 heteroatoms. The molecular weight excluding hydrogens is 248 g/mol. The van der Waals surface area contributed by atoms with Gasteiger partial charge in [-0.15, -0.1) is 5.10 Å². The first-order valence-corrected chi connectivity index (χ1v) is 5.58. The molecule has 19 heavy (non-hydrogen) atoms. The van der Waals surface area contributed by atoms with E-state index >= 15 is 0 Å². The number of amides is 1. The summed E-state index contributed by atoms with van der Waals surface area (Å²) in [5.41, 5.74) is 2.04. The quantitative estimate of drug-likeness (QED) is 0.864. The summed E-state index contributed by atoms with van der Waals surface area (Å²) in [6.45, 7) is 3.53. The standard InChI is InChI=1S/C11H14N6O2/c1-6-9(7(2)13-11(12-6)19-4)14-10(18)8-5-17(3)16-15-8/h5H,1-4H3,(H,14,18). The van der Waals surface area contributed by atoms with Crippen molar-refractivity contribution in [1.29, 1.82) is 0 Å². The van der Waals surface area contributed by atoms with Gasteiger partial charge in [-0.25, -0.2) is 0 Å². The van der Waals surface area contributed by atoms with Crippen LogP contribution in [0.2, 0.25) is 0 Å². The fourth-order valence-electron chi connectivity index (χ4n) is 1.59. The molecule has 1 N–H and O–H groups in total. The number of rotatable bonds is 3. The summed E-state index contributed by atoms with van der Waals surface area (Å²) in [4.78, 5) is 20.2. The molecule has 0 fully saturated rings. The van der Waals surface area contributed by atoms with Crippen molar-refractivity contribution in [2.75, 3.05) is 12.4 Å². The van der Waals surface area contributed by atoms with E-state index in [1.807, 2.05) is 0 Å². The minimum atomic E-state index is -0.354. The number of nitrogens with zero attached hydrogens (tertiary/aromatic N) is 5. The lowest BCUT2D eigenvalue weighted by Gasteiger charge is -2.10. The van der Waals surface area contributed by atoms with E-state index in [0.717, 1.165) is 0 Å². The second kappa shape index (κ2) is 5.01. The monoisotopic (exact) mass is 262 g/mol. The molecule has 0 aliphatic heterocycles. The van der Waals surface area contributed by atoms with Crippen molar-refractivity contribution in [3.05, 3.63) is 23.3 Å². The summed E-state index contributed by atoms with van der Waals surface area (Å²) in [6.07, 6.45) is 1.53. The number of carbonyl (C=O) groups excluding carboxylic acids is 1. The first kappa shape index (κ1) is 12.9. The smallest absolute Gasteiger partial charge is 0.316 e. The highest BCUT2D eigenvalue weighted by molar-refractivity contribution is 6.03. The number of methoxy groups -OCH3 is 1. The normalized spacial score (nSPS) is 10.3. The van der Waals surface area contributed by atoms with Crippen LogP contribution in [0.5, 0.6) is 6.01 Å². The third kappa shape index (κ3) is 2.67. The molecular formula is C11H14N6O2. The molecule has 2 aromatic heterocycles. The van der Waals surface area contributed by atoms with Crippen LogP contribution in [0.3, 0.4) is 0 Å². The largest absolute Gasteiger partial charge is 0.467 e. The molecule has 0 radical (unpaired) electrons. The van der Waals surface area contributed by atoms with E-state index in [9.17, 15) is 4.79 Å². The Kier molecular flexibility index (Phi) is 3.41. The van der Waals surface area contributed by atoms with Gasteiger partial charge in [0.15, 0.2) is 5.69 Å². The van der Waals surface area contributed by atoms with Gasteiger partial charge in [0.1, 0.15) is 0 Å². The highest BCUT2D eigenvalue weighted by Crippen LogP contribution is 2.19. The first-order valence-electron chi connectivity index (χ1n) is 5.58. The Balaban J connectivity index is 2.26. The lowest BCUT2D eigenvalue weighted by Crippen LogP contribution is -2.15. The molecule has 100 valence electrons. The second-order valence-corrected chi connectivity index (χ2v) is 3.99. The fraction of sp³-hybridized carbons (Fsp3) is 0.364. The number of aryl methyl sites for hydroxylation is 3. The van der Waals surface area contributed by atoms with E-state index < -0.39 is 0 Å². The zero-order valence-electron chi connectivity index (χ0n) is 11.1. The Hall–Kier alpha value is -2.51. The van der Waals surface area contributed by atoms with Gasteiger partial charge in [0, 0.05) is 7.05 Å². The highest BCUT2D eigenvalue weighted by atomic mass is 16.5. The third-order valence-electron chi connectivity index (χ3n) is 2.51. The average molecular weight is 262 g/mol. The average Bonchev–Trinajstić information content (AvgIpc) is 2.80. The van der Waals surface area contributed by atoms with E-state index in [4.69, 9.17) is 4.74 Å². The molecule has 0 saturated heterocycles. The maximum Gasteiger partial charge on any atom is 0.316 e. The minimum Gasteiger partial charge on any atom is -0.467 e. The molecule has 0 aromatic carbocycles. The van der Waals surface area contributed by atoms with Crippen molar-refractivity contribution in [3.63, 3.8) is 0 Å². The van der Waals surface area contributed by atoms with Crippen LogP contribution in [0.25, 0.3) is 0 Å². The van der Waals surface area contributed by atoms with E-state index in [1.165, 1.54) is 18.0 Å². The lowest BCUT2D eigenvalue weighted by atomic mass is 10.2. The number of nitrogens with one attached hydrogen (secondary N) is 1. The van der Waals surface area contributed by atoms with Crippen LogP contribution in [0.1, 0.15) is 21.9 Å². The van der Waals surface area contributed by atoms with Gasteiger partial charge in [0.25, 0.3) is 5.91 Å². The van der Waals surface area contributed by atoms with Crippen LogP contribution in [-0.2, 0) is 7.05 Å². The summed E-state index contributed by atoms with van der Waals surface area (Å²) in [7, 11) is 3.18. The number of hydrogen-bond donors (Lipinski definition) is 1. The van der Waals surface area contributed by atoms with Gasteiger partial charge in [-0.05, 0) is 13.8 Å². The summed E-state index contributed by atoms with van der Waals surface area (Å²) in [6, 6.07) is 0.271. The lowest BCUT2D eigenvalue weighted by molar-refractivity contribution is 0.102. The Labute approximate surface area is 109 Å². The first-order chi connectivity index (χ1) is 9.01. The maximum absolute atomic E-state index is 12.0. The van der Waals surface area contributed by atoms with Gasteiger partial charge in [-0.1, -0.05) is 5.21 Å². The second-order valence-electron chi connectivity index (χ2n) is 3.99. The van der Waals surface area contributed by atoms with Crippen LogP contribution >= 0.6 is 0 Å². The fourth-order valence-corrected chi connectivity index (χ4v) is 1.59. The molecule has 0 unspecified atom stereocenters. The van der Waals surface area contributed by atoms with Crippen LogP contribution in [-0.4, -0.2) is 38.0 Å². The third-order valence-corrected chi connectivity index (χ3v) is 2.51. The molecule has 0 bridgehead atoms. The van der Waals surface area contributed by atoms with Crippen molar-refractivity contribution < 1.29 is 9.53 Å². The Morgan fingerprint density at radius 3 is 2.42 bits per heavy atom. The SMILES string of the molecule is COc1nc(C)c(NC(=O)c2cn(C)nn2)c(C)n1. The van der Waals surface area contributed by atoms with Crippen LogP contribution in [0.4, 0.5) is 5.69 Å². The summed E-state index contributed by atoms with van der Waals surface area (Å²) in [5.74, 6) is -0.354. The van der Waals surface area contributed by atoms with E-state index in [0.29, 0.717) is 17.1 Å². The number of aromatic nitrogens is 5. The summed E-state index contributed by atoms with van der Waals surface area (Å²) in [5, 5.41) is 10.2. The van der Waals surface area contributed by atoms with Gasteiger partial charge in [0.2, 0.25) is 0 Å². The van der Waals surface area contributed by atoms with Crippen LogP contribution in [0, 0.1) is 13.8 Å². The molecule has 0 spiro atoms. The molecule has 2 rings (SSSR count). The molecule has 0 saturated carbocycles. The molecule has 0 atom stereocenters. The Morgan fingerprint density at radius 2 is 1.95 bits per heavy atom. The van der Waals surface area contributed by atoms with E-state index in [1.54, 1.807) is 20.9 Å². The molecule has 0 aliphatic carbocycles. The van der Waals surface area contributed by atoms with Crippen molar-refractivity contribution in [2.45, 2.75) is 13.8 Å². The zero-order valence-corrected chi connectivity index (χ0v) is 11.1. The number of carbonyl (C=O) groups is 1. The number of anilines is 1. The Bertz CT molecular complexity index is 598. The number of ether oxygens (including phenoxy) is 1. The molecule has 2 aromatic rings.